The van der Waals surface area contributed by atoms with Gasteiger partial charge in [0.05, 0.1) is 23.0 Å². The number of hydrazone groups is 1. The largest absolute Gasteiger partial charge is 0.493 e. The molecule has 144 valence electrons. The predicted octanol–water partition coefficient (Wildman–Crippen LogP) is 4.94. The summed E-state index contributed by atoms with van der Waals surface area (Å²) in [5.74, 6) is 1.35. The maximum atomic E-state index is 12.0. The van der Waals surface area contributed by atoms with E-state index in [-0.39, 0.29) is 6.10 Å². The SMILES string of the molecule is CCC(C)Oc1c(I)cc(C=NNC(=O)Nc2ccccc2C)cc1OC. The number of aryl methyl sites for hydroxylation is 1. The van der Waals surface area contributed by atoms with E-state index in [0.717, 1.165) is 32.6 Å². The minimum atomic E-state index is -0.404. The highest BCUT2D eigenvalue weighted by Gasteiger charge is 2.13. The van der Waals surface area contributed by atoms with Crippen molar-refractivity contribution < 1.29 is 14.3 Å². The molecular formula is C20H24IN3O3. The molecule has 0 saturated heterocycles. The summed E-state index contributed by atoms with van der Waals surface area (Å²) in [6.07, 6.45) is 2.57. The van der Waals surface area contributed by atoms with Gasteiger partial charge in [-0.2, -0.15) is 5.10 Å². The van der Waals surface area contributed by atoms with Crippen LogP contribution < -0.4 is 20.2 Å². The maximum absolute atomic E-state index is 12.0. The lowest BCUT2D eigenvalue weighted by Crippen LogP contribution is -2.24. The molecule has 6 nitrogen and oxygen atoms in total. The Bertz CT molecular complexity index is 824. The average Bonchev–Trinajstić information content (AvgIpc) is 2.65. The molecule has 1 atom stereocenters. The number of carbonyl (C=O) groups is 1. The normalized spacial score (nSPS) is 11.9. The number of ether oxygens (including phenoxy) is 2. The second kappa shape index (κ2) is 10.1. The van der Waals surface area contributed by atoms with Gasteiger partial charge in [-0.1, -0.05) is 25.1 Å². The van der Waals surface area contributed by atoms with Crippen LogP contribution in [-0.4, -0.2) is 25.5 Å². The lowest BCUT2D eigenvalue weighted by molar-refractivity contribution is 0.206. The lowest BCUT2D eigenvalue weighted by Gasteiger charge is -2.17. The fourth-order valence-corrected chi connectivity index (χ4v) is 2.99. The minimum absolute atomic E-state index is 0.0961. The van der Waals surface area contributed by atoms with Gasteiger partial charge in [-0.3, -0.25) is 0 Å². The van der Waals surface area contributed by atoms with Gasteiger partial charge in [0.15, 0.2) is 11.5 Å². The molecule has 27 heavy (non-hydrogen) atoms. The molecule has 7 heteroatoms. The highest BCUT2D eigenvalue weighted by atomic mass is 127. The first-order chi connectivity index (χ1) is 12.9. The number of nitrogens with one attached hydrogen (secondary N) is 2. The fourth-order valence-electron chi connectivity index (χ4n) is 2.24. The molecule has 0 aliphatic heterocycles. The third-order valence-corrected chi connectivity index (χ3v) is 4.72. The zero-order valence-electron chi connectivity index (χ0n) is 15.9. The number of methoxy groups -OCH3 is 1. The zero-order valence-corrected chi connectivity index (χ0v) is 18.0. The summed E-state index contributed by atoms with van der Waals surface area (Å²) in [6.45, 7) is 6.01. The van der Waals surface area contributed by atoms with Gasteiger partial charge in [-0.25, -0.2) is 10.2 Å². The van der Waals surface area contributed by atoms with Crippen molar-refractivity contribution in [3.8, 4) is 11.5 Å². The van der Waals surface area contributed by atoms with E-state index in [1.165, 1.54) is 0 Å². The van der Waals surface area contributed by atoms with Crippen LogP contribution in [0.15, 0.2) is 41.5 Å². The molecular weight excluding hydrogens is 457 g/mol. The van der Waals surface area contributed by atoms with Gasteiger partial charge in [0.1, 0.15) is 0 Å². The van der Waals surface area contributed by atoms with E-state index >= 15 is 0 Å². The summed E-state index contributed by atoms with van der Waals surface area (Å²) in [5.41, 5.74) is 4.98. The van der Waals surface area contributed by atoms with Crippen LogP contribution in [-0.2, 0) is 0 Å². The van der Waals surface area contributed by atoms with Crippen LogP contribution in [0.4, 0.5) is 10.5 Å². The third kappa shape index (κ3) is 6.13. The Morgan fingerprint density at radius 2 is 2.07 bits per heavy atom. The van der Waals surface area contributed by atoms with Gasteiger partial charge in [0.2, 0.25) is 0 Å². The first-order valence-electron chi connectivity index (χ1n) is 8.64. The molecule has 0 heterocycles. The number of hydrogen-bond acceptors (Lipinski definition) is 4. The Morgan fingerprint density at radius 3 is 2.74 bits per heavy atom. The van der Waals surface area contributed by atoms with E-state index in [2.05, 4.69) is 45.4 Å². The van der Waals surface area contributed by atoms with Crippen molar-refractivity contribution in [1.29, 1.82) is 0 Å². The summed E-state index contributed by atoms with van der Waals surface area (Å²) >= 11 is 2.20. The molecule has 0 aliphatic rings. The monoisotopic (exact) mass is 481 g/mol. The van der Waals surface area contributed by atoms with E-state index in [0.29, 0.717) is 5.75 Å². The Hall–Kier alpha value is -2.29. The molecule has 0 radical (unpaired) electrons. The van der Waals surface area contributed by atoms with Crippen molar-refractivity contribution in [2.24, 2.45) is 5.10 Å². The van der Waals surface area contributed by atoms with Crippen LogP contribution in [0.5, 0.6) is 11.5 Å². The van der Waals surface area contributed by atoms with Gasteiger partial charge in [-0.15, -0.1) is 0 Å². The maximum Gasteiger partial charge on any atom is 0.339 e. The lowest BCUT2D eigenvalue weighted by atomic mass is 10.2. The molecule has 0 fully saturated rings. The van der Waals surface area contributed by atoms with Gasteiger partial charge in [-0.05, 0) is 72.2 Å². The number of benzene rings is 2. The summed E-state index contributed by atoms with van der Waals surface area (Å²) in [6, 6.07) is 10.9. The van der Waals surface area contributed by atoms with Gasteiger partial charge in [0.25, 0.3) is 0 Å². The van der Waals surface area contributed by atoms with Crippen molar-refractivity contribution in [1.82, 2.24) is 5.43 Å². The quantitative estimate of drug-likeness (QED) is 0.334. The number of para-hydroxylation sites is 1. The summed E-state index contributed by atoms with van der Waals surface area (Å²) in [7, 11) is 1.60. The first-order valence-corrected chi connectivity index (χ1v) is 9.72. The average molecular weight is 481 g/mol. The van der Waals surface area contributed by atoms with Gasteiger partial charge < -0.3 is 14.8 Å². The molecule has 0 spiro atoms. The molecule has 1 unspecified atom stereocenters. The molecule has 0 aromatic heterocycles. The van der Waals surface area contributed by atoms with E-state index in [9.17, 15) is 4.79 Å². The molecule has 2 N–H and O–H groups in total. The highest BCUT2D eigenvalue weighted by molar-refractivity contribution is 14.1. The second-order valence-corrected chi connectivity index (χ2v) is 7.17. The Labute approximate surface area is 173 Å². The van der Waals surface area contributed by atoms with Crippen molar-refractivity contribution in [2.45, 2.75) is 33.3 Å². The van der Waals surface area contributed by atoms with Crippen LogP contribution in [0.1, 0.15) is 31.4 Å². The highest BCUT2D eigenvalue weighted by Crippen LogP contribution is 2.34. The number of rotatable bonds is 7. The van der Waals surface area contributed by atoms with Crippen LogP contribution >= 0.6 is 22.6 Å². The van der Waals surface area contributed by atoms with Crippen molar-refractivity contribution in [3.63, 3.8) is 0 Å². The van der Waals surface area contributed by atoms with Gasteiger partial charge >= 0.3 is 6.03 Å². The molecule has 2 aromatic rings. The standard InChI is InChI=1S/C20H24IN3O3/c1-5-14(3)27-19-16(21)10-15(11-18(19)26-4)12-22-24-20(25)23-17-9-7-6-8-13(17)2/h6-12,14H,5H2,1-4H3,(H2,23,24,25). The Balaban J connectivity index is 2.05. The predicted molar refractivity (Wildman–Crippen MR) is 117 cm³/mol. The second-order valence-electron chi connectivity index (χ2n) is 6.01. The van der Waals surface area contributed by atoms with E-state index in [4.69, 9.17) is 9.47 Å². The van der Waals surface area contributed by atoms with Gasteiger partial charge in [0, 0.05) is 5.69 Å². The van der Waals surface area contributed by atoms with Crippen molar-refractivity contribution >= 4 is 40.5 Å². The van der Waals surface area contributed by atoms with E-state index < -0.39 is 6.03 Å². The molecule has 0 aliphatic carbocycles. The molecule has 2 aromatic carbocycles. The molecule has 0 saturated carbocycles. The van der Waals surface area contributed by atoms with E-state index in [1.54, 1.807) is 13.3 Å². The number of amides is 2. The summed E-state index contributed by atoms with van der Waals surface area (Å²) in [4.78, 5) is 12.0. The van der Waals surface area contributed by atoms with Crippen LogP contribution in [0.2, 0.25) is 0 Å². The first kappa shape index (κ1) is 21.0. The van der Waals surface area contributed by atoms with E-state index in [1.807, 2.05) is 50.2 Å². The van der Waals surface area contributed by atoms with Crippen molar-refractivity contribution in [2.75, 3.05) is 12.4 Å². The smallest absolute Gasteiger partial charge is 0.339 e. The number of nitrogens with zero attached hydrogens (tertiary/aromatic N) is 1. The Kier molecular flexibility index (Phi) is 7.90. The Morgan fingerprint density at radius 1 is 1.33 bits per heavy atom. The minimum Gasteiger partial charge on any atom is -0.493 e. The zero-order chi connectivity index (χ0) is 19.8. The van der Waals surface area contributed by atoms with Crippen molar-refractivity contribution in [3.05, 3.63) is 51.1 Å². The summed E-state index contributed by atoms with van der Waals surface area (Å²) in [5, 5.41) is 6.76. The molecule has 2 rings (SSSR count). The number of hydrogen-bond donors (Lipinski definition) is 2. The number of carbonyl (C=O) groups excluding carboxylic acids is 1. The molecule has 2 amide bonds. The summed E-state index contributed by atoms with van der Waals surface area (Å²) < 4.78 is 12.3. The van der Waals surface area contributed by atoms with Crippen LogP contribution in [0.25, 0.3) is 0 Å². The van der Waals surface area contributed by atoms with Crippen LogP contribution in [0.3, 0.4) is 0 Å². The number of anilines is 1. The number of urea groups is 1. The number of halogens is 1. The fraction of sp³-hybridized carbons (Fsp3) is 0.300. The molecule has 0 bridgehead atoms. The third-order valence-electron chi connectivity index (χ3n) is 3.92. The topological polar surface area (TPSA) is 72.0 Å². The van der Waals surface area contributed by atoms with Crippen LogP contribution in [0, 0.1) is 10.5 Å².